The highest BCUT2D eigenvalue weighted by molar-refractivity contribution is 8.02. The number of carbonyl (C=O) groups excluding carboxylic acids is 1. The minimum Gasteiger partial charge on any atom is -0.356 e. The molecule has 0 bridgehead atoms. The van der Waals surface area contributed by atoms with Crippen molar-refractivity contribution >= 4 is 34.1 Å². The molecule has 2 aromatic rings. The first-order chi connectivity index (χ1) is 11.0. The maximum Gasteiger partial charge on any atom is 0.235 e. The normalized spacial score (nSPS) is 12.2. The molecule has 1 heterocycles. The van der Waals surface area contributed by atoms with E-state index in [4.69, 9.17) is 0 Å². The molecule has 1 N–H and O–H groups in total. The van der Waals surface area contributed by atoms with E-state index in [9.17, 15) is 4.79 Å². The molecule has 0 aliphatic carbocycles. The van der Waals surface area contributed by atoms with Crippen LogP contribution in [0.2, 0.25) is 0 Å². The molecule has 23 heavy (non-hydrogen) atoms. The molecule has 0 radical (unpaired) electrons. The Balaban J connectivity index is 1.96. The first-order valence-corrected chi connectivity index (χ1v) is 9.16. The molecule has 1 aromatic carbocycles. The lowest BCUT2D eigenvalue weighted by atomic mass is 10.1. The molecule has 7 heteroatoms. The number of hydrogen-bond donors (Lipinski definition) is 1. The molecular formula is C16H22N4OS2. The van der Waals surface area contributed by atoms with Crippen molar-refractivity contribution in [2.24, 2.45) is 5.92 Å². The summed E-state index contributed by atoms with van der Waals surface area (Å²) in [5, 5.41) is 12.3. The zero-order chi connectivity index (χ0) is 16.8. The van der Waals surface area contributed by atoms with E-state index < -0.39 is 0 Å². The SMILES string of the molecule is CC(C)[C@@H](Sc1nnc(NCc2ccccc2)s1)C(=O)N(C)C. The summed E-state index contributed by atoms with van der Waals surface area (Å²) in [6.07, 6.45) is 0. The maximum absolute atomic E-state index is 12.3. The lowest BCUT2D eigenvalue weighted by molar-refractivity contribution is -0.128. The van der Waals surface area contributed by atoms with Crippen molar-refractivity contribution in [1.82, 2.24) is 15.1 Å². The number of anilines is 1. The number of aromatic nitrogens is 2. The summed E-state index contributed by atoms with van der Waals surface area (Å²) in [7, 11) is 3.57. The van der Waals surface area contributed by atoms with Crippen LogP contribution in [0.1, 0.15) is 19.4 Å². The van der Waals surface area contributed by atoms with Gasteiger partial charge in [-0.3, -0.25) is 4.79 Å². The van der Waals surface area contributed by atoms with Crippen molar-refractivity contribution in [2.45, 2.75) is 30.0 Å². The van der Waals surface area contributed by atoms with Crippen molar-refractivity contribution in [3.8, 4) is 0 Å². The number of carbonyl (C=O) groups is 1. The van der Waals surface area contributed by atoms with Gasteiger partial charge in [0.05, 0.1) is 5.25 Å². The smallest absolute Gasteiger partial charge is 0.235 e. The number of amides is 1. The van der Waals surface area contributed by atoms with E-state index in [1.54, 1.807) is 19.0 Å². The summed E-state index contributed by atoms with van der Waals surface area (Å²) in [5.41, 5.74) is 1.19. The van der Waals surface area contributed by atoms with E-state index in [1.165, 1.54) is 28.7 Å². The average molecular weight is 351 g/mol. The highest BCUT2D eigenvalue weighted by atomic mass is 32.2. The van der Waals surface area contributed by atoms with Gasteiger partial charge in [-0.15, -0.1) is 10.2 Å². The molecule has 0 unspecified atom stereocenters. The largest absolute Gasteiger partial charge is 0.356 e. The fraction of sp³-hybridized carbons (Fsp3) is 0.438. The van der Waals surface area contributed by atoms with Gasteiger partial charge >= 0.3 is 0 Å². The highest BCUT2D eigenvalue weighted by Crippen LogP contribution is 2.33. The van der Waals surface area contributed by atoms with Gasteiger partial charge in [-0.1, -0.05) is 67.3 Å². The molecular weight excluding hydrogens is 328 g/mol. The Morgan fingerprint density at radius 1 is 1.26 bits per heavy atom. The summed E-state index contributed by atoms with van der Waals surface area (Å²) in [5.74, 6) is 0.346. The molecule has 0 saturated heterocycles. The van der Waals surface area contributed by atoms with Crippen LogP contribution in [-0.4, -0.2) is 40.3 Å². The van der Waals surface area contributed by atoms with Gasteiger partial charge in [-0.2, -0.15) is 0 Å². The van der Waals surface area contributed by atoms with Gasteiger partial charge in [0, 0.05) is 20.6 Å². The molecule has 2 rings (SSSR count). The Morgan fingerprint density at radius 3 is 2.57 bits per heavy atom. The molecule has 1 aromatic heterocycles. The molecule has 124 valence electrons. The first kappa shape index (κ1) is 17.7. The second kappa shape index (κ2) is 8.31. The molecule has 1 amide bonds. The van der Waals surface area contributed by atoms with Gasteiger partial charge in [-0.25, -0.2) is 0 Å². The van der Waals surface area contributed by atoms with Gasteiger partial charge in [-0.05, 0) is 11.5 Å². The summed E-state index contributed by atoms with van der Waals surface area (Å²) < 4.78 is 0.814. The van der Waals surface area contributed by atoms with Crippen LogP contribution >= 0.6 is 23.1 Å². The molecule has 0 spiro atoms. The van der Waals surface area contributed by atoms with Gasteiger partial charge in [0.25, 0.3) is 0 Å². The van der Waals surface area contributed by atoms with E-state index in [1.807, 2.05) is 18.2 Å². The molecule has 0 aliphatic heterocycles. The zero-order valence-corrected chi connectivity index (χ0v) is 15.4. The van der Waals surface area contributed by atoms with Crippen molar-refractivity contribution in [3.63, 3.8) is 0 Å². The first-order valence-electron chi connectivity index (χ1n) is 7.46. The van der Waals surface area contributed by atoms with Gasteiger partial charge < -0.3 is 10.2 Å². The second-order valence-electron chi connectivity index (χ2n) is 5.73. The minimum atomic E-state index is -0.139. The van der Waals surface area contributed by atoms with Gasteiger partial charge in [0.15, 0.2) is 4.34 Å². The van der Waals surface area contributed by atoms with Gasteiger partial charge in [0.1, 0.15) is 0 Å². The van der Waals surface area contributed by atoms with E-state index in [0.717, 1.165) is 9.47 Å². The topological polar surface area (TPSA) is 58.1 Å². The predicted molar refractivity (Wildman–Crippen MR) is 96.9 cm³/mol. The fourth-order valence-corrected chi connectivity index (χ4v) is 4.04. The van der Waals surface area contributed by atoms with E-state index in [-0.39, 0.29) is 17.1 Å². The molecule has 0 saturated carbocycles. The van der Waals surface area contributed by atoms with E-state index in [2.05, 4.69) is 41.5 Å². The quantitative estimate of drug-likeness (QED) is 0.776. The van der Waals surface area contributed by atoms with E-state index in [0.29, 0.717) is 6.54 Å². The number of hydrogen-bond acceptors (Lipinski definition) is 6. The Labute approximate surface area is 145 Å². The van der Waals surface area contributed by atoms with Crippen LogP contribution in [0.25, 0.3) is 0 Å². The summed E-state index contributed by atoms with van der Waals surface area (Å²) in [6, 6.07) is 10.1. The fourth-order valence-electron chi connectivity index (χ4n) is 1.94. The van der Waals surface area contributed by atoms with Crippen LogP contribution in [-0.2, 0) is 11.3 Å². The lowest BCUT2D eigenvalue weighted by Gasteiger charge is -2.21. The standard InChI is InChI=1S/C16H22N4OS2/c1-11(2)13(14(21)20(3)4)22-16-19-18-15(23-16)17-10-12-8-6-5-7-9-12/h5-9,11,13H,10H2,1-4H3,(H,17,18)/t13-/m1/s1. The Morgan fingerprint density at radius 2 is 1.96 bits per heavy atom. The third kappa shape index (κ3) is 5.21. The number of nitrogens with zero attached hydrogens (tertiary/aromatic N) is 3. The van der Waals surface area contributed by atoms with Crippen LogP contribution in [0, 0.1) is 5.92 Å². The second-order valence-corrected chi connectivity index (χ2v) is 8.09. The molecule has 5 nitrogen and oxygen atoms in total. The van der Waals surface area contributed by atoms with Crippen LogP contribution in [0.3, 0.4) is 0 Å². The molecule has 1 atom stereocenters. The Bertz CT molecular complexity index is 628. The zero-order valence-electron chi connectivity index (χ0n) is 13.8. The number of benzene rings is 1. The molecule has 0 fully saturated rings. The third-order valence-corrected chi connectivity index (χ3v) is 5.71. The van der Waals surface area contributed by atoms with Crippen molar-refractivity contribution in [2.75, 3.05) is 19.4 Å². The summed E-state index contributed by atoms with van der Waals surface area (Å²) in [6.45, 7) is 4.81. The lowest BCUT2D eigenvalue weighted by Crippen LogP contribution is -2.34. The average Bonchev–Trinajstić information content (AvgIpc) is 2.98. The maximum atomic E-state index is 12.3. The van der Waals surface area contributed by atoms with Crippen molar-refractivity contribution in [3.05, 3.63) is 35.9 Å². The summed E-state index contributed by atoms with van der Waals surface area (Å²) >= 11 is 2.98. The van der Waals surface area contributed by atoms with Crippen LogP contribution in [0.5, 0.6) is 0 Å². The van der Waals surface area contributed by atoms with E-state index >= 15 is 0 Å². The van der Waals surface area contributed by atoms with Crippen LogP contribution in [0.4, 0.5) is 5.13 Å². The molecule has 0 aliphatic rings. The van der Waals surface area contributed by atoms with Crippen LogP contribution < -0.4 is 5.32 Å². The van der Waals surface area contributed by atoms with Crippen molar-refractivity contribution < 1.29 is 4.79 Å². The van der Waals surface area contributed by atoms with Crippen molar-refractivity contribution in [1.29, 1.82) is 0 Å². The monoisotopic (exact) mass is 350 g/mol. The van der Waals surface area contributed by atoms with Gasteiger partial charge in [0.2, 0.25) is 11.0 Å². The summed E-state index contributed by atoms with van der Waals surface area (Å²) in [4.78, 5) is 13.9. The number of thioether (sulfide) groups is 1. The predicted octanol–water partition coefficient (Wildman–Crippen LogP) is 3.36. The minimum absolute atomic E-state index is 0.110. The Kier molecular flexibility index (Phi) is 6.41. The highest BCUT2D eigenvalue weighted by Gasteiger charge is 2.26. The Hall–Kier alpha value is -1.60. The number of nitrogens with one attached hydrogen (secondary N) is 1. The van der Waals surface area contributed by atoms with Crippen LogP contribution in [0.15, 0.2) is 34.7 Å². The number of rotatable bonds is 7. The third-order valence-electron chi connectivity index (χ3n) is 3.21.